The van der Waals surface area contributed by atoms with Crippen LogP contribution in [-0.4, -0.2) is 30.4 Å². The Morgan fingerprint density at radius 1 is 1.16 bits per heavy atom. The SMILES string of the molecule is CC[C@@H]1C(=O)C[C@H]2CCN(Cc3ccc(OC)cc3)[C@H]3CCC[C@@H]1[C@H]23. The second kappa shape index (κ2) is 7.11. The number of carbonyl (C=O) groups excluding carboxylic acids is 1. The number of methoxy groups -OCH3 is 1. The molecule has 1 heterocycles. The predicted molar refractivity (Wildman–Crippen MR) is 99.5 cm³/mol. The highest BCUT2D eigenvalue weighted by Crippen LogP contribution is 2.51. The van der Waals surface area contributed by atoms with E-state index in [2.05, 4.69) is 36.1 Å². The normalized spacial score (nSPS) is 35.3. The lowest BCUT2D eigenvalue weighted by atomic mass is 9.56. The van der Waals surface area contributed by atoms with Gasteiger partial charge < -0.3 is 4.74 Å². The summed E-state index contributed by atoms with van der Waals surface area (Å²) in [5.41, 5.74) is 1.38. The van der Waals surface area contributed by atoms with E-state index in [9.17, 15) is 4.79 Å². The number of nitrogens with zero attached hydrogens (tertiary/aromatic N) is 1. The van der Waals surface area contributed by atoms with E-state index in [4.69, 9.17) is 4.74 Å². The number of benzene rings is 1. The molecular formula is C22H31NO2. The zero-order valence-corrected chi connectivity index (χ0v) is 15.6. The topological polar surface area (TPSA) is 29.5 Å². The van der Waals surface area contributed by atoms with Gasteiger partial charge in [0.05, 0.1) is 7.11 Å². The molecule has 0 aromatic heterocycles. The molecule has 0 bridgehead atoms. The first kappa shape index (κ1) is 17.1. The van der Waals surface area contributed by atoms with Crippen molar-refractivity contribution in [3.63, 3.8) is 0 Å². The van der Waals surface area contributed by atoms with Crippen LogP contribution in [0.1, 0.15) is 51.0 Å². The smallest absolute Gasteiger partial charge is 0.136 e. The van der Waals surface area contributed by atoms with Crippen molar-refractivity contribution in [3.05, 3.63) is 29.8 Å². The van der Waals surface area contributed by atoms with Crippen molar-refractivity contribution in [2.45, 2.75) is 58.0 Å². The Kier molecular flexibility index (Phi) is 4.86. The summed E-state index contributed by atoms with van der Waals surface area (Å²) in [5, 5.41) is 0. The van der Waals surface area contributed by atoms with Crippen LogP contribution < -0.4 is 4.74 Å². The maximum atomic E-state index is 12.6. The quantitative estimate of drug-likeness (QED) is 0.818. The summed E-state index contributed by atoms with van der Waals surface area (Å²) in [5.74, 6) is 3.88. The van der Waals surface area contributed by atoms with Gasteiger partial charge in [0, 0.05) is 24.9 Å². The minimum Gasteiger partial charge on any atom is -0.497 e. The van der Waals surface area contributed by atoms with Gasteiger partial charge in [0.1, 0.15) is 11.5 Å². The highest BCUT2D eigenvalue weighted by molar-refractivity contribution is 5.82. The van der Waals surface area contributed by atoms with Crippen molar-refractivity contribution in [1.29, 1.82) is 0 Å². The van der Waals surface area contributed by atoms with Gasteiger partial charge in [-0.15, -0.1) is 0 Å². The van der Waals surface area contributed by atoms with Crippen molar-refractivity contribution in [3.8, 4) is 5.75 Å². The molecule has 3 fully saturated rings. The largest absolute Gasteiger partial charge is 0.497 e. The number of piperidine rings is 1. The van der Waals surface area contributed by atoms with E-state index >= 15 is 0 Å². The average Bonchev–Trinajstić information content (AvgIpc) is 2.64. The fraction of sp³-hybridized carbons (Fsp3) is 0.682. The number of rotatable bonds is 4. The molecule has 25 heavy (non-hydrogen) atoms. The monoisotopic (exact) mass is 341 g/mol. The Bertz CT molecular complexity index is 611. The minimum atomic E-state index is 0.338. The van der Waals surface area contributed by atoms with Crippen LogP contribution in [0.15, 0.2) is 24.3 Å². The van der Waals surface area contributed by atoms with Gasteiger partial charge in [0.25, 0.3) is 0 Å². The van der Waals surface area contributed by atoms with Gasteiger partial charge in [-0.1, -0.05) is 25.5 Å². The van der Waals surface area contributed by atoms with Crippen LogP contribution in [0, 0.1) is 23.7 Å². The van der Waals surface area contributed by atoms with Crippen LogP contribution in [0.2, 0.25) is 0 Å². The van der Waals surface area contributed by atoms with Gasteiger partial charge in [-0.05, 0) is 67.7 Å². The predicted octanol–water partition coefficient (Wildman–Crippen LogP) is 4.30. The van der Waals surface area contributed by atoms with Gasteiger partial charge in [0.2, 0.25) is 0 Å². The number of carbonyl (C=O) groups is 1. The van der Waals surface area contributed by atoms with Gasteiger partial charge in [0.15, 0.2) is 0 Å². The molecule has 0 radical (unpaired) electrons. The number of Topliss-reactive ketones (excluding diaryl/α,β-unsaturated/α-hetero) is 1. The number of ether oxygens (including phenoxy) is 1. The first-order chi connectivity index (χ1) is 12.2. The molecule has 3 heteroatoms. The number of ketones is 1. The molecule has 2 saturated carbocycles. The van der Waals surface area contributed by atoms with Gasteiger partial charge in [-0.3, -0.25) is 9.69 Å². The Hall–Kier alpha value is -1.35. The molecule has 2 aliphatic carbocycles. The molecule has 1 aromatic rings. The summed E-state index contributed by atoms with van der Waals surface area (Å²) >= 11 is 0. The number of likely N-dealkylation sites (tertiary alicyclic amines) is 1. The third-order valence-corrected chi connectivity index (χ3v) is 7.15. The number of hydrogen-bond acceptors (Lipinski definition) is 3. The molecular weight excluding hydrogens is 310 g/mol. The van der Waals surface area contributed by atoms with E-state index in [1.807, 2.05) is 0 Å². The van der Waals surface area contributed by atoms with Crippen LogP contribution in [0.5, 0.6) is 5.75 Å². The molecule has 3 aliphatic rings. The Balaban J connectivity index is 1.53. The molecule has 0 amide bonds. The van der Waals surface area contributed by atoms with E-state index in [-0.39, 0.29) is 0 Å². The molecule has 1 aromatic carbocycles. The Labute approximate surface area is 151 Å². The second-order valence-electron chi connectivity index (χ2n) is 8.29. The van der Waals surface area contributed by atoms with Crippen LogP contribution >= 0.6 is 0 Å². The van der Waals surface area contributed by atoms with Gasteiger partial charge in [-0.2, -0.15) is 0 Å². The highest BCUT2D eigenvalue weighted by atomic mass is 16.5. The van der Waals surface area contributed by atoms with E-state index in [1.165, 1.54) is 31.2 Å². The molecule has 0 spiro atoms. The lowest BCUT2D eigenvalue weighted by Gasteiger charge is -2.55. The van der Waals surface area contributed by atoms with Crippen LogP contribution in [0.25, 0.3) is 0 Å². The maximum Gasteiger partial charge on any atom is 0.136 e. The zero-order chi connectivity index (χ0) is 17.4. The summed E-state index contributed by atoms with van der Waals surface area (Å²) in [4.78, 5) is 15.3. The molecule has 136 valence electrons. The molecule has 1 aliphatic heterocycles. The van der Waals surface area contributed by atoms with Gasteiger partial charge >= 0.3 is 0 Å². The zero-order valence-electron chi connectivity index (χ0n) is 15.6. The van der Waals surface area contributed by atoms with E-state index in [1.54, 1.807) is 7.11 Å². The first-order valence-corrected chi connectivity index (χ1v) is 10.1. The summed E-state index contributed by atoms with van der Waals surface area (Å²) in [6.45, 7) is 4.40. The highest BCUT2D eigenvalue weighted by Gasteiger charge is 2.51. The first-order valence-electron chi connectivity index (χ1n) is 10.1. The summed E-state index contributed by atoms with van der Waals surface area (Å²) < 4.78 is 5.28. The maximum absolute atomic E-state index is 12.6. The third kappa shape index (κ3) is 3.12. The van der Waals surface area contributed by atoms with Gasteiger partial charge in [-0.25, -0.2) is 0 Å². The summed E-state index contributed by atoms with van der Waals surface area (Å²) in [7, 11) is 1.72. The third-order valence-electron chi connectivity index (χ3n) is 7.15. The van der Waals surface area contributed by atoms with Crippen LogP contribution in [0.3, 0.4) is 0 Å². The van der Waals surface area contributed by atoms with Crippen molar-refractivity contribution < 1.29 is 9.53 Å². The van der Waals surface area contributed by atoms with Crippen molar-refractivity contribution in [1.82, 2.24) is 4.90 Å². The molecule has 1 saturated heterocycles. The molecule has 3 nitrogen and oxygen atoms in total. The van der Waals surface area contributed by atoms with Crippen LogP contribution in [0.4, 0.5) is 0 Å². The summed E-state index contributed by atoms with van der Waals surface area (Å²) in [6, 6.07) is 9.22. The lowest BCUT2D eigenvalue weighted by molar-refractivity contribution is -0.139. The minimum absolute atomic E-state index is 0.338. The van der Waals surface area contributed by atoms with E-state index < -0.39 is 0 Å². The van der Waals surface area contributed by atoms with Crippen molar-refractivity contribution >= 4 is 5.78 Å². The molecule has 0 unspecified atom stereocenters. The molecule has 4 rings (SSSR count). The summed E-state index contributed by atoms with van der Waals surface area (Å²) in [6.07, 6.45) is 6.98. The molecule has 0 N–H and O–H groups in total. The van der Waals surface area contributed by atoms with Crippen molar-refractivity contribution in [2.75, 3.05) is 13.7 Å². The fourth-order valence-corrected chi connectivity index (χ4v) is 6.06. The Morgan fingerprint density at radius 2 is 1.96 bits per heavy atom. The standard InChI is InChI=1S/C22H31NO2/c1-3-18-19-5-4-6-20-22(19)16(13-21(18)24)11-12-23(20)14-15-7-9-17(25-2)10-8-15/h7-10,16,18-20,22H,3-6,11-14H2,1-2H3/t16-,18+,19+,20+,22+/m1/s1. The fourth-order valence-electron chi connectivity index (χ4n) is 6.06. The van der Waals surface area contributed by atoms with E-state index in [0.29, 0.717) is 29.6 Å². The number of hydrogen-bond donors (Lipinski definition) is 0. The second-order valence-corrected chi connectivity index (χ2v) is 8.29. The van der Waals surface area contributed by atoms with Crippen molar-refractivity contribution in [2.24, 2.45) is 23.7 Å². The Morgan fingerprint density at radius 3 is 2.68 bits per heavy atom. The lowest BCUT2D eigenvalue weighted by Crippen LogP contribution is -2.57. The molecule has 5 atom stereocenters. The van der Waals surface area contributed by atoms with E-state index in [0.717, 1.165) is 37.6 Å². The van der Waals surface area contributed by atoms with Crippen LogP contribution in [-0.2, 0) is 11.3 Å². The average molecular weight is 341 g/mol.